The van der Waals surface area contributed by atoms with Crippen molar-refractivity contribution in [2.45, 2.75) is 32.6 Å². The summed E-state index contributed by atoms with van der Waals surface area (Å²) in [6.45, 7) is 2.08. The molecule has 0 bridgehead atoms. The third-order valence-electron chi connectivity index (χ3n) is 1.24. The van der Waals surface area contributed by atoms with Crippen molar-refractivity contribution in [2.24, 2.45) is 0 Å². The monoisotopic (exact) mass is 184 g/mol. The van der Waals surface area contributed by atoms with E-state index in [4.69, 9.17) is 10.7 Å². The number of hydrogen-bond donors (Lipinski definition) is 0. The molecule has 0 saturated carbocycles. The van der Waals surface area contributed by atoms with Crippen LogP contribution in [0.4, 0.5) is 0 Å². The lowest BCUT2D eigenvalue weighted by Gasteiger charge is -1.94. The molecule has 0 aromatic heterocycles. The van der Waals surface area contributed by atoms with E-state index in [2.05, 4.69) is 6.92 Å². The largest absolute Gasteiger partial charge is 0.232 e. The third kappa shape index (κ3) is 8.24. The molecule has 0 aromatic carbocycles. The Kier molecular flexibility index (Phi) is 5.09. The van der Waals surface area contributed by atoms with Gasteiger partial charge in [0.1, 0.15) is 0 Å². The fourth-order valence-corrected chi connectivity index (χ4v) is 1.58. The van der Waals surface area contributed by atoms with Crippen molar-refractivity contribution in [1.82, 2.24) is 0 Å². The zero-order chi connectivity index (χ0) is 8.04. The molecular weight excluding hydrogens is 172 g/mol. The van der Waals surface area contributed by atoms with Crippen LogP contribution in [0, 0.1) is 0 Å². The number of halogens is 1. The minimum atomic E-state index is -3.23. The molecule has 0 atom stereocenters. The smallest absolute Gasteiger partial charge is 0.212 e. The van der Waals surface area contributed by atoms with Crippen LogP contribution in [0.2, 0.25) is 0 Å². The van der Waals surface area contributed by atoms with Gasteiger partial charge >= 0.3 is 0 Å². The van der Waals surface area contributed by atoms with Gasteiger partial charge in [0.05, 0.1) is 5.75 Å². The van der Waals surface area contributed by atoms with Crippen LogP contribution >= 0.6 is 10.7 Å². The van der Waals surface area contributed by atoms with Gasteiger partial charge in [0.2, 0.25) is 9.05 Å². The lowest BCUT2D eigenvalue weighted by atomic mass is 10.2. The molecule has 0 N–H and O–H groups in total. The maximum atomic E-state index is 10.4. The fourth-order valence-electron chi connectivity index (χ4n) is 0.701. The van der Waals surface area contributed by atoms with E-state index < -0.39 is 9.05 Å². The van der Waals surface area contributed by atoms with E-state index in [9.17, 15) is 8.42 Å². The van der Waals surface area contributed by atoms with Gasteiger partial charge in [-0.15, -0.1) is 0 Å². The Bertz CT molecular complexity index is 163. The predicted molar refractivity (Wildman–Crippen MR) is 43.8 cm³/mol. The van der Waals surface area contributed by atoms with Crippen molar-refractivity contribution in [3.05, 3.63) is 0 Å². The van der Waals surface area contributed by atoms with E-state index >= 15 is 0 Å². The number of hydrogen-bond acceptors (Lipinski definition) is 2. The first-order chi connectivity index (χ1) is 4.56. The van der Waals surface area contributed by atoms with Crippen LogP contribution in [0.15, 0.2) is 0 Å². The highest BCUT2D eigenvalue weighted by Gasteiger charge is 2.02. The zero-order valence-corrected chi connectivity index (χ0v) is 7.71. The van der Waals surface area contributed by atoms with E-state index in [1.54, 1.807) is 0 Å². The normalized spacial score (nSPS) is 11.8. The summed E-state index contributed by atoms with van der Waals surface area (Å²) in [4.78, 5) is 0. The molecule has 10 heavy (non-hydrogen) atoms. The Morgan fingerprint density at radius 2 is 1.80 bits per heavy atom. The van der Waals surface area contributed by atoms with Gasteiger partial charge in [-0.1, -0.05) is 26.2 Å². The molecule has 0 rings (SSSR count). The van der Waals surface area contributed by atoms with Crippen LogP contribution in [0.3, 0.4) is 0 Å². The quantitative estimate of drug-likeness (QED) is 0.485. The average molecular weight is 185 g/mol. The topological polar surface area (TPSA) is 34.1 Å². The zero-order valence-electron chi connectivity index (χ0n) is 6.14. The second-order valence-electron chi connectivity index (χ2n) is 2.30. The van der Waals surface area contributed by atoms with Crippen molar-refractivity contribution in [3.8, 4) is 0 Å². The number of unbranched alkanes of at least 4 members (excludes halogenated alkanes) is 3. The summed E-state index contributed by atoms with van der Waals surface area (Å²) in [5.41, 5.74) is 0. The second-order valence-corrected chi connectivity index (χ2v) is 5.20. The predicted octanol–water partition coefficient (Wildman–Crippen LogP) is 2.14. The Morgan fingerprint density at radius 3 is 2.20 bits per heavy atom. The van der Waals surface area contributed by atoms with Crippen LogP contribution in [-0.2, 0) is 9.05 Å². The number of rotatable bonds is 5. The molecular formula is C6H13ClO2S. The first kappa shape index (κ1) is 10.2. The Morgan fingerprint density at radius 1 is 1.20 bits per heavy atom. The summed E-state index contributed by atoms with van der Waals surface area (Å²) in [6, 6.07) is 0. The molecule has 2 nitrogen and oxygen atoms in total. The van der Waals surface area contributed by atoms with Gasteiger partial charge < -0.3 is 0 Å². The average Bonchev–Trinajstić information content (AvgIpc) is 1.78. The van der Waals surface area contributed by atoms with Crippen LogP contribution in [0.5, 0.6) is 0 Å². The Labute approximate surface area is 67.0 Å². The molecule has 0 aliphatic heterocycles. The summed E-state index contributed by atoms with van der Waals surface area (Å²) in [6.07, 6.45) is 3.86. The summed E-state index contributed by atoms with van der Waals surface area (Å²) in [5, 5.41) is 0. The maximum Gasteiger partial charge on any atom is 0.232 e. The minimum Gasteiger partial charge on any atom is -0.212 e. The van der Waals surface area contributed by atoms with Crippen LogP contribution in [0.25, 0.3) is 0 Å². The molecule has 0 fully saturated rings. The first-order valence-electron chi connectivity index (χ1n) is 3.48. The van der Waals surface area contributed by atoms with Crippen molar-refractivity contribution in [3.63, 3.8) is 0 Å². The third-order valence-corrected chi connectivity index (χ3v) is 2.48. The van der Waals surface area contributed by atoms with E-state index in [1.165, 1.54) is 0 Å². The molecule has 0 aliphatic rings. The van der Waals surface area contributed by atoms with Crippen molar-refractivity contribution in [1.29, 1.82) is 0 Å². The van der Waals surface area contributed by atoms with Gasteiger partial charge in [-0.2, -0.15) is 0 Å². The second kappa shape index (κ2) is 4.97. The van der Waals surface area contributed by atoms with Crippen molar-refractivity contribution < 1.29 is 8.42 Å². The highest BCUT2D eigenvalue weighted by Crippen LogP contribution is 2.04. The molecule has 0 radical (unpaired) electrons. The Hall–Kier alpha value is 0.240. The molecule has 0 aliphatic carbocycles. The van der Waals surface area contributed by atoms with Crippen molar-refractivity contribution >= 4 is 19.7 Å². The van der Waals surface area contributed by atoms with Gasteiger partial charge in [-0.05, 0) is 6.42 Å². The molecule has 0 spiro atoms. The lowest BCUT2D eigenvalue weighted by molar-refractivity contribution is 0.602. The van der Waals surface area contributed by atoms with Crippen LogP contribution in [0.1, 0.15) is 32.6 Å². The molecule has 62 valence electrons. The molecule has 0 heterocycles. The van der Waals surface area contributed by atoms with Crippen LogP contribution in [-0.4, -0.2) is 14.2 Å². The fraction of sp³-hybridized carbons (Fsp3) is 1.00. The van der Waals surface area contributed by atoms with E-state index in [1.807, 2.05) is 0 Å². The van der Waals surface area contributed by atoms with Crippen LogP contribution < -0.4 is 0 Å². The van der Waals surface area contributed by atoms with Gasteiger partial charge in [-0.25, -0.2) is 8.42 Å². The Balaban J connectivity index is 3.21. The van der Waals surface area contributed by atoms with Gasteiger partial charge in [0.15, 0.2) is 0 Å². The summed E-state index contributed by atoms with van der Waals surface area (Å²) in [7, 11) is 1.75. The van der Waals surface area contributed by atoms with E-state index in [-0.39, 0.29) is 5.75 Å². The standard InChI is InChI=1S/C6H13ClO2S/c1-2-3-4-5-6-10(7,8)9/h2-6H2,1H3. The van der Waals surface area contributed by atoms with Gasteiger partial charge in [-0.3, -0.25) is 0 Å². The summed E-state index contributed by atoms with van der Waals surface area (Å²) in [5.74, 6) is 0.120. The molecule has 0 unspecified atom stereocenters. The lowest BCUT2D eigenvalue weighted by Crippen LogP contribution is -1.96. The van der Waals surface area contributed by atoms with E-state index in [0.717, 1.165) is 19.3 Å². The molecule has 0 amide bonds. The summed E-state index contributed by atoms with van der Waals surface area (Å²) >= 11 is 0. The maximum absolute atomic E-state index is 10.4. The first-order valence-corrected chi connectivity index (χ1v) is 5.96. The SMILES string of the molecule is CCCCCCS(=O)(=O)Cl. The minimum absolute atomic E-state index is 0.120. The highest BCUT2D eigenvalue weighted by atomic mass is 35.7. The molecule has 0 aromatic rings. The molecule has 4 heteroatoms. The van der Waals surface area contributed by atoms with Gasteiger partial charge in [0.25, 0.3) is 0 Å². The highest BCUT2D eigenvalue weighted by molar-refractivity contribution is 8.13. The molecule has 0 saturated heterocycles. The summed E-state index contributed by atoms with van der Waals surface area (Å²) < 4.78 is 20.7. The van der Waals surface area contributed by atoms with Crippen molar-refractivity contribution in [2.75, 3.05) is 5.75 Å². The van der Waals surface area contributed by atoms with E-state index in [0.29, 0.717) is 6.42 Å². The van der Waals surface area contributed by atoms with Gasteiger partial charge in [0, 0.05) is 10.7 Å².